The SMILES string of the molecule is Cc1noc2c1CCC(CN)C2. The van der Waals surface area contributed by atoms with Gasteiger partial charge >= 0.3 is 0 Å². The van der Waals surface area contributed by atoms with Crippen molar-refractivity contribution in [1.29, 1.82) is 0 Å². The summed E-state index contributed by atoms with van der Waals surface area (Å²) in [6, 6.07) is 0. The first-order valence-corrected chi connectivity index (χ1v) is 4.45. The normalized spacial score (nSPS) is 22.3. The van der Waals surface area contributed by atoms with Crippen molar-refractivity contribution in [2.45, 2.75) is 26.2 Å². The highest BCUT2D eigenvalue weighted by Gasteiger charge is 2.22. The zero-order valence-electron chi connectivity index (χ0n) is 7.34. The highest BCUT2D eigenvalue weighted by Crippen LogP contribution is 2.26. The second kappa shape index (κ2) is 2.90. The van der Waals surface area contributed by atoms with Crippen LogP contribution in [0.5, 0.6) is 0 Å². The molecule has 0 radical (unpaired) electrons. The van der Waals surface area contributed by atoms with Crippen LogP contribution in [-0.2, 0) is 12.8 Å². The number of hydrogen-bond acceptors (Lipinski definition) is 3. The Bertz CT molecular complexity index is 280. The lowest BCUT2D eigenvalue weighted by molar-refractivity contribution is 0.338. The van der Waals surface area contributed by atoms with Crippen LogP contribution in [0.2, 0.25) is 0 Å². The molecule has 1 atom stereocenters. The van der Waals surface area contributed by atoms with Crippen molar-refractivity contribution >= 4 is 0 Å². The molecule has 2 rings (SSSR count). The molecular formula is C9H14N2O. The highest BCUT2D eigenvalue weighted by molar-refractivity contribution is 5.24. The van der Waals surface area contributed by atoms with Crippen molar-refractivity contribution in [3.05, 3.63) is 17.0 Å². The van der Waals surface area contributed by atoms with E-state index in [1.54, 1.807) is 0 Å². The molecule has 3 nitrogen and oxygen atoms in total. The van der Waals surface area contributed by atoms with Gasteiger partial charge in [-0.1, -0.05) is 5.16 Å². The quantitative estimate of drug-likeness (QED) is 0.678. The molecule has 0 saturated carbocycles. The minimum absolute atomic E-state index is 0.602. The van der Waals surface area contributed by atoms with Crippen molar-refractivity contribution in [2.75, 3.05) is 6.54 Å². The predicted molar refractivity (Wildman–Crippen MR) is 45.8 cm³/mol. The van der Waals surface area contributed by atoms with Crippen LogP contribution in [0.1, 0.15) is 23.4 Å². The second-order valence-corrected chi connectivity index (χ2v) is 3.51. The Kier molecular flexibility index (Phi) is 1.89. The summed E-state index contributed by atoms with van der Waals surface area (Å²) in [4.78, 5) is 0. The molecule has 0 aliphatic heterocycles. The molecule has 1 unspecified atom stereocenters. The summed E-state index contributed by atoms with van der Waals surface area (Å²) in [5.41, 5.74) is 7.98. The van der Waals surface area contributed by atoms with Crippen molar-refractivity contribution in [1.82, 2.24) is 5.16 Å². The molecule has 0 saturated heterocycles. The van der Waals surface area contributed by atoms with Crippen molar-refractivity contribution in [3.63, 3.8) is 0 Å². The summed E-state index contributed by atoms with van der Waals surface area (Å²) in [6.07, 6.45) is 3.25. The third kappa shape index (κ3) is 1.14. The van der Waals surface area contributed by atoms with E-state index in [0.29, 0.717) is 5.92 Å². The molecule has 1 aliphatic carbocycles. The van der Waals surface area contributed by atoms with Crippen LogP contribution in [0.3, 0.4) is 0 Å². The number of hydrogen-bond donors (Lipinski definition) is 1. The highest BCUT2D eigenvalue weighted by atomic mass is 16.5. The van der Waals surface area contributed by atoms with Crippen LogP contribution in [0, 0.1) is 12.8 Å². The largest absolute Gasteiger partial charge is 0.361 e. The second-order valence-electron chi connectivity index (χ2n) is 3.51. The zero-order chi connectivity index (χ0) is 8.55. The fourth-order valence-electron chi connectivity index (χ4n) is 1.83. The summed E-state index contributed by atoms with van der Waals surface area (Å²) in [5.74, 6) is 1.67. The fraction of sp³-hybridized carbons (Fsp3) is 0.667. The van der Waals surface area contributed by atoms with Crippen LogP contribution < -0.4 is 5.73 Å². The van der Waals surface area contributed by atoms with E-state index < -0.39 is 0 Å². The molecule has 0 amide bonds. The van der Waals surface area contributed by atoms with E-state index in [2.05, 4.69) is 5.16 Å². The number of rotatable bonds is 1. The van der Waals surface area contributed by atoms with Crippen LogP contribution in [0.15, 0.2) is 4.52 Å². The lowest BCUT2D eigenvalue weighted by atomic mass is 9.88. The monoisotopic (exact) mass is 166 g/mol. The van der Waals surface area contributed by atoms with Gasteiger partial charge in [0.05, 0.1) is 5.69 Å². The topological polar surface area (TPSA) is 52.0 Å². The van der Waals surface area contributed by atoms with E-state index in [-0.39, 0.29) is 0 Å². The Morgan fingerprint density at radius 3 is 3.25 bits per heavy atom. The van der Waals surface area contributed by atoms with Gasteiger partial charge in [0.2, 0.25) is 0 Å². The first-order valence-electron chi connectivity index (χ1n) is 4.45. The smallest absolute Gasteiger partial charge is 0.140 e. The lowest BCUT2D eigenvalue weighted by Crippen LogP contribution is -2.21. The molecule has 1 heterocycles. The molecule has 1 aliphatic rings. The third-order valence-electron chi connectivity index (χ3n) is 2.68. The lowest BCUT2D eigenvalue weighted by Gasteiger charge is -2.18. The summed E-state index contributed by atoms with van der Waals surface area (Å²) < 4.78 is 5.21. The van der Waals surface area contributed by atoms with E-state index >= 15 is 0 Å². The van der Waals surface area contributed by atoms with Crippen molar-refractivity contribution < 1.29 is 4.52 Å². The summed E-state index contributed by atoms with van der Waals surface area (Å²) in [6.45, 7) is 2.77. The van der Waals surface area contributed by atoms with Gasteiger partial charge < -0.3 is 10.3 Å². The third-order valence-corrected chi connectivity index (χ3v) is 2.68. The minimum Gasteiger partial charge on any atom is -0.361 e. The molecule has 0 bridgehead atoms. The van der Waals surface area contributed by atoms with Gasteiger partial charge in [-0.15, -0.1) is 0 Å². The van der Waals surface area contributed by atoms with Crippen LogP contribution >= 0.6 is 0 Å². The van der Waals surface area contributed by atoms with E-state index in [0.717, 1.165) is 30.8 Å². The summed E-state index contributed by atoms with van der Waals surface area (Å²) in [7, 11) is 0. The van der Waals surface area contributed by atoms with Gasteiger partial charge in [-0.05, 0) is 32.2 Å². The molecule has 1 aromatic rings. The maximum atomic E-state index is 5.61. The molecule has 3 heteroatoms. The maximum absolute atomic E-state index is 5.61. The minimum atomic E-state index is 0.602. The van der Waals surface area contributed by atoms with Crippen LogP contribution in [-0.4, -0.2) is 11.7 Å². The van der Waals surface area contributed by atoms with E-state index in [1.165, 1.54) is 12.0 Å². The van der Waals surface area contributed by atoms with Crippen molar-refractivity contribution in [3.8, 4) is 0 Å². The number of nitrogens with two attached hydrogens (primary N) is 1. The predicted octanol–water partition coefficient (Wildman–Crippen LogP) is 1.05. The first-order chi connectivity index (χ1) is 5.81. The molecule has 2 N–H and O–H groups in total. The van der Waals surface area contributed by atoms with Crippen LogP contribution in [0.25, 0.3) is 0 Å². The van der Waals surface area contributed by atoms with Gasteiger partial charge in [0.25, 0.3) is 0 Å². The first kappa shape index (κ1) is 7.80. The Balaban J connectivity index is 2.24. The average molecular weight is 166 g/mol. The number of fused-ring (bicyclic) bond motifs is 1. The van der Waals surface area contributed by atoms with Gasteiger partial charge in [-0.2, -0.15) is 0 Å². The molecular weight excluding hydrogens is 152 g/mol. The Labute approximate surface area is 71.9 Å². The summed E-state index contributed by atoms with van der Waals surface area (Å²) in [5, 5.41) is 3.95. The molecule has 0 fully saturated rings. The fourth-order valence-corrected chi connectivity index (χ4v) is 1.83. The average Bonchev–Trinajstić information content (AvgIpc) is 2.47. The van der Waals surface area contributed by atoms with Crippen molar-refractivity contribution in [2.24, 2.45) is 11.7 Å². The van der Waals surface area contributed by atoms with Gasteiger partial charge in [-0.25, -0.2) is 0 Å². The van der Waals surface area contributed by atoms with E-state index in [4.69, 9.17) is 10.3 Å². The van der Waals surface area contributed by atoms with E-state index in [9.17, 15) is 0 Å². The Morgan fingerprint density at radius 2 is 2.50 bits per heavy atom. The van der Waals surface area contributed by atoms with Crippen LogP contribution in [0.4, 0.5) is 0 Å². The Morgan fingerprint density at radius 1 is 1.67 bits per heavy atom. The van der Waals surface area contributed by atoms with Gasteiger partial charge in [0.15, 0.2) is 0 Å². The van der Waals surface area contributed by atoms with E-state index in [1.807, 2.05) is 6.92 Å². The number of aryl methyl sites for hydroxylation is 1. The van der Waals surface area contributed by atoms with Gasteiger partial charge in [-0.3, -0.25) is 0 Å². The number of aromatic nitrogens is 1. The Hall–Kier alpha value is -0.830. The molecule has 12 heavy (non-hydrogen) atoms. The summed E-state index contributed by atoms with van der Waals surface area (Å²) >= 11 is 0. The molecule has 66 valence electrons. The standard InChI is InChI=1S/C9H14N2O/c1-6-8-3-2-7(5-10)4-9(8)12-11-6/h7H,2-5,10H2,1H3. The number of nitrogens with zero attached hydrogens (tertiary/aromatic N) is 1. The molecule has 0 spiro atoms. The van der Waals surface area contributed by atoms with Gasteiger partial charge in [0.1, 0.15) is 5.76 Å². The molecule has 0 aromatic carbocycles. The molecule has 1 aromatic heterocycles. The van der Waals surface area contributed by atoms with Gasteiger partial charge in [0, 0.05) is 12.0 Å². The maximum Gasteiger partial charge on any atom is 0.140 e. The zero-order valence-corrected chi connectivity index (χ0v) is 7.34.